The minimum atomic E-state index is -0.966. The lowest BCUT2D eigenvalue weighted by molar-refractivity contribution is 0.0692. The van der Waals surface area contributed by atoms with Gasteiger partial charge in [0.15, 0.2) is 0 Å². The number of rotatable bonds is 3. The highest BCUT2D eigenvalue weighted by atomic mass is 16.5. The molecule has 0 amide bonds. The Balaban J connectivity index is 3.10. The minimum Gasteiger partial charge on any atom is -0.478 e. The second-order valence-corrected chi connectivity index (χ2v) is 2.65. The van der Waals surface area contributed by atoms with Gasteiger partial charge in [-0.1, -0.05) is 0 Å². The summed E-state index contributed by atoms with van der Waals surface area (Å²) in [6.45, 7) is 0.257. The molecule has 0 saturated carbocycles. The molecule has 3 N–H and O–H groups in total. The molecule has 4 heteroatoms. The maximum Gasteiger partial charge on any atom is 0.336 e. The second-order valence-electron chi connectivity index (χ2n) is 2.65. The van der Waals surface area contributed by atoms with E-state index in [1.165, 1.54) is 13.2 Å². The summed E-state index contributed by atoms with van der Waals surface area (Å²) in [4.78, 5) is 10.7. The second kappa shape index (κ2) is 3.91. The van der Waals surface area contributed by atoms with Crippen LogP contribution in [0.3, 0.4) is 0 Å². The van der Waals surface area contributed by atoms with Crippen LogP contribution >= 0.6 is 0 Å². The fourth-order valence-corrected chi connectivity index (χ4v) is 1.10. The lowest BCUT2D eigenvalue weighted by Crippen LogP contribution is -2.04. The smallest absolute Gasteiger partial charge is 0.336 e. The first-order valence-corrected chi connectivity index (χ1v) is 3.75. The van der Waals surface area contributed by atoms with Crippen LogP contribution in [-0.2, 0) is 11.3 Å². The minimum absolute atomic E-state index is 0.232. The SMILES string of the molecule is COCc1cc(N)ccc1C(=O)O. The number of carbonyl (C=O) groups is 1. The van der Waals surface area contributed by atoms with E-state index in [2.05, 4.69) is 0 Å². The zero-order chi connectivity index (χ0) is 9.84. The van der Waals surface area contributed by atoms with Crippen molar-refractivity contribution in [1.82, 2.24) is 0 Å². The van der Waals surface area contributed by atoms with Gasteiger partial charge in [0, 0.05) is 12.8 Å². The summed E-state index contributed by atoms with van der Waals surface area (Å²) in [6.07, 6.45) is 0. The first kappa shape index (κ1) is 9.54. The fraction of sp³-hybridized carbons (Fsp3) is 0.222. The van der Waals surface area contributed by atoms with Crippen LogP contribution in [0.1, 0.15) is 15.9 Å². The lowest BCUT2D eigenvalue weighted by atomic mass is 10.1. The van der Waals surface area contributed by atoms with E-state index in [4.69, 9.17) is 15.6 Å². The number of nitrogens with two attached hydrogens (primary N) is 1. The van der Waals surface area contributed by atoms with Gasteiger partial charge in [-0.2, -0.15) is 0 Å². The Hall–Kier alpha value is -1.55. The van der Waals surface area contributed by atoms with Crippen molar-refractivity contribution in [3.05, 3.63) is 29.3 Å². The topological polar surface area (TPSA) is 72.5 Å². The normalized spacial score (nSPS) is 9.92. The van der Waals surface area contributed by atoms with Crippen LogP contribution in [0.15, 0.2) is 18.2 Å². The largest absolute Gasteiger partial charge is 0.478 e. The first-order valence-electron chi connectivity index (χ1n) is 3.75. The summed E-state index contributed by atoms with van der Waals surface area (Å²) in [6, 6.07) is 4.64. The molecule has 0 fully saturated rings. The van der Waals surface area contributed by atoms with E-state index in [-0.39, 0.29) is 12.2 Å². The van der Waals surface area contributed by atoms with E-state index in [1.807, 2.05) is 0 Å². The molecule has 1 aromatic carbocycles. The highest BCUT2D eigenvalue weighted by Crippen LogP contribution is 2.14. The van der Waals surface area contributed by atoms with Crippen LogP contribution < -0.4 is 5.73 Å². The van der Waals surface area contributed by atoms with Gasteiger partial charge in [0.2, 0.25) is 0 Å². The van der Waals surface area contributed by atoms with Gasteiger partial charge in [-0.25, -0.2) is 4.79 Å². The van der Waals surface area contributed by atoms with Gasteiger partial charge in [-0.05, 0) is 23.8 Å². The molecule has 0 unspecified atom stereocenters. The van der Waals surface area contributed by atoms with Crippen molar-refractivity contribution in [3.8, 4) is 0 Å². The van der Waals surface area contributed by atoms with Crippen LogP contribution in [-0.4, -0.2) is 18.2 Å². The maximum atomic E-state index is 10.7. The van der Waals surface area contributed by atoms with Gasteiger partial charge in [0.05, 0.1) is 12.2 Å². The van der Waals surface area contributed by atoms with Crippen molar-refractivity contribution >= 4 is 11.7 Å². The molecule has 0 bridgehead atoms. The summed E-state index contributed by atoms with van der Waals surface area (Å²) in [5.41, 5.74) is 6.87. The summed E-state index contributed by atoms with van der Waals surface area (Å²) in [7, 11) is 1.51. The molecule has 1 rings (SSSR count). The Morgan fingerprint density at radius 2 is 2.31 bits per heavy atom. The Morgan fingerprint density at radius 1 is 1.62 bits per heavy atom. The van der Waals surface area contributed by atoms with E-state index >= 15 is 0 Å². The monoisotopic (exact) mass is 181 g/mol. The summed E-state index contributed by atoms with van der Waals surface area (Å²) in [5, 5.41) is 8.79. The number of methoxy groups -OCH3 is 1. The van der Waals surface area contributed by atoms with Gasteiger partial charge < -0.3 is 15.6 Å². The standard InChI is InChI=1S/C9H11NO3/c1-13-5-6-4-7(10)2-3-8(6)9(11)12/h2-4H,5,10H2,1H3,(H,11,12). The lowest BCUT2D eigenvalue weighted by Gasteiger charge is -2.05. The predicted molar refractivity (Wildman–Crippen MR) is 48.5 cm³/mol. The molecule has 4 nitrogen and oxygen atoms in total. The molecule has 13 heavy (non-hydrogen) atoms. The number of benzene rings is 1. The highest BCUT2D eigenvalue weighted by molar-refractivity contribution is 5.89. The van der Waals surface area contributed by atoms with Gasteiger partial charge in [-0.15, -0.1) is 0 Å². The zero-order valence-corrected chi connectivity index (χ0v) is 7.28. The number of carboxylic acids is 1. The molecular formula is C9H11NO3. The van der Waals surface area contributed by atoms with Crippen molar-refractivity contribution < 1.29 is 14.6 Å². The van der Waals surface area contributed by atoms with Crippen LogP contribution in [0.4, 0.5) is 5.69 Å². The van der Waals surface area contributed by atoms with E-state index in [0.29, 0.717) is 11.3 Å². The van der Waals surface area contributed by atoms with Crippen LogP contribution in [0.25, 0.3) is 0 Å². The van der Waals surface area contributed by atoms with E-state index in [9.17, 15) is 4.79 Å². The third kappa shape index (κ3) is 2.19. The van der Waals surface area contributed by atoms with Gasteiger partial charge >= 0.3 is 5.97 Å². The van der Waals surface area contributed by atoms with Crippen LogP contribution in [0, 0.1) is 0 Å². The third-order valence-corrected chi connectivity index (χ3v) is 1.66. The van der Waals surface area contributed by atoms with Crippen molar-refractivity contribution in [2.24, 2.45) is 0 Å². The van der Waals surface area contributed by atoms with Gasteiger partial charge in [-0.3, -0.25) is 0 Å². The molecule has 0 spiro atoms. The number of nitrogen functional groups attached to an aromatic ring is 1. The van der Waals surface area contributed by atoms with E-state index in [0.717, 1.165) is 0 Å². The molecule has 0 atom stereocenters. The zero-order valence-electron chi connectivity index (χ0n) is 7.28. The molecule has 0 heterocycles. The molecule has 0 aromatic heterocycles. The van der Waals surface area contributed by atoms with Gasteiger partial charge in [0.1, 0.15) is 0 Å². The summed E-state index contributed by atoms with van der Waals surface area (Å²) >= 11 is 0. The predicted octanol–water partition coefficient (Wildman–Crippen LogP) is 1.11. The summed E-state index contributed by atoms with van der Waals surface area (Å²) < 4.78 is 4.85. The van der Waals surface area contributed by atoms with Crippen molar-refractivity contribution in [3.63, 3.8) is 0 Å². The number of hydrogen-bond acceptors (Lipinski definition) is 3. The van der Waals surface area contributed by atoms with E-state index in [1.54, 1.807) is 12.1 Å². The van der Waals surface area contributed by atoms with Crippen LogP contribution in [0.5, 0.6) is 0 Å². The molecule has 0 aliphatic carbocycles. The molecule has 70 valence electrons. The molecule has 0 aliphatic rings. The molecule has 0 saturated heterocycles. The first-order chi connectivity index (χ1) is 6.15. The van der Waals surface area contributed by atoms with Crippen molar-refractivity contribution in [1.29, 1.82) is 0 Å². The van der Waals surface area contributed by atoms with Crippen LogP contribution in [0.2, 0.25) is 0 Å². The number of ether oxygens (including phenoxy) is 1. The number of aromatic carboxylic acids is 1. The highest BCUT2D eigenvalue weighted by Gasteiger charge is 2.09. The molecule has 0 radical (unpaired) electrons. The molecule has 1 aromatic rings. The Labute approximate surface area is 75.9 Å². The van der Waals surface area contributed by atoms with Gasteiger partial charge in [0.25, 0.3) is 0 Å². The fourth-order valence-electron chi connectivity index (χ4n) is 1.10. The Kier molecular flexibility index (Phi) is 2.87. The third-order valence-electron chi connectivity index (χ3n) is 1.66. The number of hydrogen-bond donors (Lipinski definition) is 2. The Bertz CT molecular complexity index is 323. The average Bonchev–Trinajstić information content (AvgIpc) is 2.04. The van der Waals surface area contributed by atoms with Crippen molar-refractivity contribution in [2.45, 2.75) is 6.61 Å². The van der Waals surface area contributed by atoms with E-state index < -0.39 is 5.97 Å². The summed E-state index contributed by atoms with van der Waals surface area (Å²) in [5.74, 6) is -0.966. The quantitative estimate of drug-likeness (QED) is 0.685. The average molecular weight is 181 g/mol. The number of anilines is 1. The number of carboxylic acid groups (broad SMARTS) is 1. The van der Waals surface area contributed by atoms with Crippen molar-refractivity contribution in [2.75, 3.05) is 12.8 Å². The Morgan fingerprint density at radius 3 is 2.85 bits per heavy atom. The molecular weight excluding hydrogens is 170 g/mol. The molecule has 0 aliphatic heterocycles. The maximum absolute atomic E-state index is 10.7.